The summed E-state index contributed by atoms with van der Waals surface area (Å²) in [6.07, 6.45) is 6.11. The average molecular weight is 735 g/mol. The number of nitrogens with two attached hydrogens (primary N) is 1. The lowest BCUT2D eigenvalue weighted by atomic mass is 9.97. The van der Waals surface area contributed by atoms with Gasteiger partial charge in [0.25, 0.3) is 0 Å². The first-order valence-corrected chi connectivity index (χ1v) is 19.3. The van der Waals surface area contributed by atoms with Crippen LogP contribution in [-0.2, 0) is 32.2 Å². The van der Waals surface area contributed by atoms with Gasteiger partial charge in [-0.3, -0.25) is 14.5 Å². The third-order valence-electron chi connectivity index (χ3n) is 10.5. The van der Waals surface area contributed by atoms with Gasteiger partial charge in [-0.2, -0.15) is 0 Å². The average Bonchev–Trinajstić information content (AvgIpc) is 3.66. The molecule has 54 heavy (non-hydrogen) atoms. The zero-order valence-electron chi connectivity index (χ0n) is 31.0. The fraction of sp³-hybridized carbons (Fsp3) is 0.409. The van der Waals surface area contributed by atoms with Crippen LogP contribution in [0.3, 0.4) is 0 Å². The molecule has 6 rings (SSSR count). The number of para-hydroxylation sites is 2. The number of anilines is 2. The number of hydrogen-bond acceptors (Lipinski definition) is 8. The number of likely N-dealkylation sites (tertiary alicyclic amines) is 1. The minimum absolute atomic E-state index is 0.00350. The molecule has 4 atom stereocenters. The summed E-state index contributed by atoms with van der Waals surface area (Å²) in [5.41, 5.74) is 13.0. The predicted molar refractivity (Wildman–Crippen MR) is 211 cm³/mol. The van der Waals surface area contributed by atoms with Crippen molar-refractivity contribution in [1.82, 2.24) is 10.2 Å². The molecule has 10 heteroatoms. The smallest absolute Gasteiger partial charge is 0.224 e. The molecule has 10 nitrogen and oxygen atoms in total. The van der Waals surface area contributed by atoms with E-state index in [1.54, 1.807) is 12.1 Å². The van der Waals surface area contributed by atoms with Crippen LogP contribution in [0.25, 0.3) is 11.1 Å². The Kier molecular flexibility index (Phi) is 14.2. The molecule has 2 aliphatic heterocycles. The Bertz CT molecular complexity index is 1800. The molecule has 2 heterocycles. The Morgan fingerprint density at radius 1 is 0.796 bits per heavy atom. The van der Waals surface area contributed by atoms with Crippen molar-refractivity contribution < 1.29 is 29.3 Å². The number of benzene rings is 4. The third-order valence-corrected chi connectivity index (χ3v) is 10.5. The van der Waals surface area contributed by atoms with Gasteiger partial charge in [0.1, 0.15) is 0 Å². The lowest BCUT2D eigenvalue weighted by Gasteiger charge is -2.38. The van der Waals surface area contributed by atoms with Gasteiger partial charge in [0.15, 0.2) is 6.29 Å². The SMILES string of the molecule is Nc1ccccc1NC(=O)CCCCCCC(=O)NCc1ccccc1-c1ccc(C2OC(CN3CCCC3CO)CC(c3ccc(CO)cc3)O2)cc1. The Morgan fingerprint density at radius 3 is 2.24 bits per heavy atom. The zero-order chi connectivity index (χ0) is 37.7. The number of nitrogen functional groups attached to an aromatic ring is 1. The Balaban J connectivity index is 1.01. The molecule has 2 fully saturated rings. The second-order valence-electron chi connectivity index (χ2n) is 14.4. The number of hydrogen-bond donors (Lipinski definition) is 5. The highest BCUT2D eigenvalue weighted by atomic mass is 16.7. The Morgan fingerprint density at radius 2 is 1.50 bits per heavy atom. The highest BCUT2D eigenvalue weighted by Gasteiger charge is 2.35. The van der Waals surface area contributed by atoms with Gasteiger partial charge in [-0.05, 0) is 72.2 Å². The van der Waals surface area contributed by atoms with E-state index < -0.39 is 6.29 Å². The second kappa shape index (κ2) is 19.7. The normalized spacial score (nSPS) is 20.1. The molecule has 0 aromatic heterocycles. The summed E-state index contributed by atoms with van der Waals surface area (Å²) in [6, 6.07) is 31.7. The van der Waals surface area contributed by atoms with E-state index in [4.69, 9.17) is 15.2 Å². The number of carbonyl (C=O) groups is 2. The highest BCUT2D eigenvalue weighted by Crippen LogP contribution is 2.39. The maximum Gasteiger partial charge on any atom is 0.224 e. The van der Waals surface area contributed by atoms with Crippen LogP contribution in [0.1, 0.15) is 92.4 Å². The monoisotopic (exact) mass is 734 g/mol. The summed E-state index contributed by atoms with van der Waals surface area (Å²) in [6.45, 7) is 2.27. The molecule has 2 saturated heterocycles. The first-order chi connectivity index (χ1) is 26.4. The van der Waals surface area contributed by atoms with Gasteiger partial charge in [-0.25, -0.2) is 0 Å². The summed E-state index contributed by atoms with van der Waals surface area (Å²) < 4.78 is 13.2. The number of ether oxygens (including phenoxy) is 2. The molecular formula is C44H54N4O6. The molecule has 4 unspecified atom stereocenters. The fourth-order valence-electron chi connectivity index (χ4n) is 7.44. The number of amides is 2. The molecule has 0 saturated carbocycles. The first kappa shape index (κ1) is 39.1. The van der Waals surface area contributed by atoms with Gasteiger partial charge in [-0.1, -0.05) is 97.8 Å². The molecule has 0 radical (unpaired) electrons. The fourth-order valence-corrected chi connectivity index (χ4v) is 7.44. The number of aliphatic hydroxyl groups is 2. The van der Waals surface area contributed by atoms with Crippen LogP contribution in [0.15, 0.2) is 97.1 Å². The van der Waals surface area contributed by atoms with Gasteiger partial charge < -0.3 is 36.1 Å². The van der Waals surface area contributed by atoms with E-state index in [0.717, 1.165) is 85.0 Å². The van der Waals surface area contributed by atoms with Crippen LogP contribution >= 0.6 is 0 Å². The molecule has 6 N–H and O–H groups in total. The molecule has 2 amide bonds. The van der Waals surface area contributed by atoms with Crippen LogP contribution < -0.4 is 16.4 Å². The minimum atomic E-state index is -0.559. The highest BCUT2D eigenvalue weighted by molar-refractivity contribution is 5.93. The lowest BCUT2D eigenvalue weighted by molar-refractivity contribution is -0.253. The maximum atomic E-state index is 12.8. The number of rotatable bonds is 17. The summed E-state index contributed by atoms with van der Waals surface area (Å²) in [7, 11) is 0. The van der Waals surface area contributed by atoms with Gasteiger partial charge in [0.05, 0.1) is 36.8 Å². The molecule has 4 aromatic rings. The van der Waals surface area contributed by atoms with Gasteiger partial charge in [-0.15, -0.1) is 0 Å². The number of carbonyl (C=O) groups excluding carboxylic acids is 2. The third kappa shape index (κ3) is 10.8. The molecule has 286 valence electrons. The molecule has 0 aliphatic carbocycles. The number of nitrogens with one attached hydrogen (secondary N) is 2. The van der Waals surface area contributed by atoms with Crippen LogP contribution in [0.5, 0.6) is 0 Å². The molecular weight excluding hydrogens is 681 g/mol. The van der Waals surface area contributed by atoms with E-state index >= 15 is 0 Å². The second-order valence-corrected chi connectivity index (χ2v) is 14.4. The quantitative estimate of drug-likeness (QED) is 0.0575. The summed E-state index contributed by atoms with van der Waals surface area (Å²) in [5, 5.41) is 25.4. The number of aliphatic hydroxyl groups excluding tert-OH is 2. The molecule has 0 bridgehead atoms. The van der Waals surface area contributed by atoms with Crippen molar-refractivity contribution in [1.29, 1.82) is 0 Å². The van der Waals surface area contributed by atoms with E-state index in [9.17, 15) is 19.8 Å². The van der Waals surface area contributed by atoms with E-state index in [-0.39, 0.29) is 43.3 Å². The first-order valence-electron chi connectivity index (χ1n) is 19.3. The molecule has 2 aliphatic rings. The van der Waals surface area contributed by atoms with Crippen LogP contribution in [0.4, 0.5) is 11.4 Å². The summed E-state index contributed by atoms with van der Waals surface area (Å²) >= 11 is 0. The number of nitrogens with zero attached hydrogens (tertiary/aromatic N) is 1. The van der Waals surface area contributed by atoms with Crippen molar-refractivity contribution in [3.05, 3.63) is 119 Å². The standard InChI is InChI=1S/C44H54N4O6/c45-39-13-7-8-14-40(39)47-43(52)16-4-2-1-3-15-42(51)46-27-35-10-5-6-12-38(35)32-21-23-34(24-22-32)44-53-37(28-48-25-9-11-36(48)30-50)26-41(54-44)33-19-17-31(29-49)18-20-33/h5-8,10,12-14,17-24,36-37,41,44,49-50H,1-4,9,11,15-16,25-30,45H2,(H,46,51)(H,47,52). The molecule has 0 spiro atoms. The van der Waals surface area contributed by atoms with E-state index in [2.05, 4.69) is 45.9 Å². The minimum Gasteiger partial charge on any atom is -0.397 e. The zero-order valence-corrected chi connectivity index (χ0v) is 31.0. The van der Waals surface area contributed by atoms with Crippen molar-refractivity contribution >= 4 is 23.2 Å². The molecule has 4 aromatic carbocycles. The van der Waals surface area contributed by atoms with E-state index in [1.165, 1.54) is 0 Å². The van der Waals surface area contributed by atoms with Crippen LogP contribution in [0, 0.1) is 0 Å². The Labute approximate surface area is 318 Å². The van der Waals surface area contributed by atoms with Gasteiger partial charge in [0.2, 0.25) is 11.8 Å². The van der Waals surface area contributed by atoms with Crippen LogP contribution in [-0.4, -0.2) is 58.8 Å². The predicted octanol–water partition coefficient (Wildman–Crippen LogP) is 7.03. The van der Waals surface area contributed by atoms with Crippen molar-refractivity contribution in [2.24, 2.45) is 0 Å². The van der Waals surface area contributed by atoms with E-state index in [1.807, 2.05) is 54.6 Å². The summed E-state index contributed by atoms with van der Waals surface area (Å²) in [4.78, 5) is 27.3. The van der Waals surface area contributed by atoms with Gasteiger partial charge in [0, 0.05) is 44.0 Å². The topological polar surface area (TPSA) is 146 Å². The number of unbranched alkanes of at least 4 members (excludes halogenated alkanes) is 3. The van der Waals surface area contributed by atoms with Gasteiger partial charge >= 0.3 is 0 Å². The maximum absolute atomic E-state index is 12.8. The van der Waals surface area contributed by atoms with E-state index in [0.29, 0.717) is 37.2 Å². The van der Waals surface area contributed by atoms with Crippen molar-refractivity contribution in [2.45, 2.75) is 95.5 Å². The van der Waals surface area contributed by atoms with Crippen molar-refractivity contribution in [3.63, 3.8) is 0 Å². The van der Waals surface area contributed by atoms with Crippen molar-refractivity contribution in [2.75, 3.05) is 30.7 Å². The lowest BCUT2D eigenvalue weighted by Crippen LogP contribution is -2.42. The largest absolute Gasteiger partial charge is 0.397 e. The van der Waals surface area contributed by atoms with Crippen molar-refractivity contribution in [3.8, 4) is 11.1 Å². The Hall–Kier alpha value is -4.58. The van der Waals surface area contributed by atoms with Crippen LogP contribution in [0.2, 0.25) is 0 Å². The summed E-state index contributed by atoms with van der Waals surface area (Å²) in [5.74, 6) is -0.0395.